The maximum atomic E-state index is 12.7. The molecule has 1 aliphatic rings. The van der Waals surface area contributed by atoms with Crippen molar-refractivity contribution in [1.29, 1.82) is 0 Å². The Hall–Kier alpha value is -2.28. The van der Waals surface area contributed by atoms with Gasteiger partial charge in [0.1, 0.15) is 6.04 Å². The van der Waals surface area contributed by atoms with Gasteiger partial charge in [-0.05, 0) is 12.1 Å². The van der Waals surface area contributed by atoms with Gasteiger partial charge < -0.3 is 24.2 Å². The monoisotopic (exact) mass is 309 g/mol. The summed E-state index contributed by atoms with van der Waals surface area (Å²) < 4.78 is 15.6. The van der Waals surface area contributed by atoms with Gasteiger partial charge in [-0.3, -0.25) is 4.79 Å². The fourth-order valence-electron chi connectivity index (χ4n) is 2.64. The molecular formula is C15H19NO6. The third-order valence-electron chi connectivity index (χ3n) is 3.78. The maximum absolute atomic E-state index is 12.7. The predicted octanol–water partition coefficient (Wildman–Crippen LogP) is 1.02. The highest BCUT2D eigenvalue weighted by atomic mass is 16.5. The van der Waals surface area contributed by atoms with Crippen molar-refractivity contribution in [3.05, 3.63) is 23.8 Å². The van der Waals surface area contributed by atoms with Crippen LogP contribution in [0.1, 0.15) is 16.8 Å². The van der Waals surface area contributed by atoms with Crippen molar-refractivity contribution in [2.24, 2.45) is 0 Å². The fourth-order valence-corrected chi connectivity index (χ4v) is 2.64. The van der Waals surface area contributed by atoms with Crippen LogP contribution in [-0.2, 0) is 9.53 Å². The maximum Gasteiger partial charge on any atom is 0.326 e. The van der Waals surface area contributed by atoms with Gasteiger partial charge in [-0.1, -0.05) is 6.07 Å². The van der Waals surface area contributed by atoms with Crippen molar-refractivity contribution in [2.45, 2.75) is 18.6 Å². The molecule has 0 radical (unpaired) electrons. The number of hydrogen-bond acceptors (Lipinski definition) is 5. The Kier molecular flexibility index (Phi) is 4.87. The molecule has 22 heavy (non-hydrogen) atoms. The molecular weight excluding hydrogens is 290 g/mol. The Morgan fingerprint density at radius 2 is 1.95 bits per heavy atom. The summed E-state index contributed by atoms with van der Waals surface area (Å²) >= 11 is 0. The number of rotatable bonds is 5. The number of methoxy groups -OCH3 is 3. The molecule has 2 atom stereocenters. The molecule has 1 saturated heterocycles. The van der Waals surface area contributed by atoms with Crippen molar-refractivity contribution in [3.8, 4) is 11.5 Å². The minimum atomic E-state index is -1.05. The highest BCUT2D eigenvalue weighted by Crippen LogP contribution is 2.33. The molecule has 7 nitrogen and oxygen atoms in total. The summed E-state index contributed by atoms with van der Waals surface area (Å²) in [5.41, 5.74) is 0.268. The van der Waals surface area contributed by atoms with Crippen molar-refractivity contribution < 1.29 is 28.9 Å². The second kappa shape index (κ2) is 6.65. The van der Waals surface area contributed by atoms with Crippen molar-refractivity contribution in [1.82, 2.24) is 4.90 Å². The lowest BCUT2D eigenvalue weighted by Gasteiger charge is -2.22. The number of ether oxygens (including phenoxy) is 3. The third-order valence-corrected chi connectivity index (χ3v) is 3.78. The number of aliphatic carboxylic acids is 1. The van der Waals surface area contributed by atoms with E-state index in [1.54, 1.807) is 18.2 Å². The Balaban J connectivity index is 2.36. The smallest absolute Gasteiger partial charge is 0.326 e. The van der Waals surface area contributed by atoms with E-state index in [2.05, 4.69) is 0 Å². The van der Waals surface area contributed by atoms with Crippen LogP contribution in [0.3, 0.4) is 0 Å². The van der Waals surface area contributed by atoms with Crippen molar-refractivity contribution >= 4 is 11.9 Å². The molecule has 0 saturated carbocycles. The number of likely N-dealkylation sites (tertiary alicyclic amines) is 1. The minimum Gasteiger partial charge on any atom is -0.493 e. The van der Waals surface area contributed by atoms with E-state index in [-0.39, 0.29) is 24.6 Å². The van der Waals surface area contributed by atoms with Gasteiger partial charge in [-0.2, -0.15) is 0 Å². The van der Waals surface area contributed by atoms with Crippen LogP contribution in [0, 0.1) is 0 Å². The Morgan fingerprint density at radius 1 is 1.23 bits per heavy atom. The van der Waals surface area contributed by atoms with Gasteiger partial charge in [0.15, 0.2) is 11.5 Å². The topological polar surface area (TPSA) is 85.3 Å². The van der Waals surface area contributed by atoms with Crippen LogP contribution in [-0.4, -0.2) is 61.9 Å². The molecule has 1 aliphatic heterocycles. The molecule has 1 fully saturated rings. The highest BCUT2D eigenvalue weighted by molar-refractivity contribution is 6.00. The van der Waals surface area contributed by atoms with Crippen LogP contribution in [0.25, 0.3) is 0 Å². The van der Waals surface area contributed by atoms with E-state index in [0.717, 1.165) is 0 Å². The first-order valence-electron chi connectivity index (χ1n) is 6.81. The summed E-state index contributed by atoms with van der Waals surface area (Å²) in [5.74, 6) is -0.750. The van der Waals surface area contributed by atoms with Crippen LogP contribution in [0.5, 0.6) is 11.5 Å². The van der Waals surface area contributed by atoms with E-state index in [0.29, 0.717) is 11.5 Å². The van der Waals surface area contributed by atoms with Gasteiger partial charge in [0, 0.05) is 20.1 Å². The number of carboxylic acids is 1. The first-order chi connectivity index (χ1) is 10.5. The Morgan fingerprint density at radius 3 is 2.50 bits per heavy atom. The van der Waals surface area contributed by atoms with Crippen molar-refractivity contribution in [3.63, 3.8) is 0 Å². The number of carbonyl (C=O) groups excluding carboxylic acids is 1. The number of carboxylic acid groups (broad SMARTS) is 1. The molecule has 0 aliphatic carbocycles. The molecule has 2 unspecified atom stereocenters. The van der Waals surface area contributed by atoms with Gasteiger partial charge in [0.2, 0.25) is 0 Å². The highest BCUT2D eigenvalue weighted by Gasteiger charge is 2.41. The number of hydrogen-bond donors (Lipinski definition) is 1. The van der Waals surface area contributed by atoms with E-state index in [1.807, 2.05) is 0 Å². The molecule has 0 spiro atoms. The molecule has 120 valence electrons. The molecule has 1 amide bonds. The number of para-hydroxylation sites is 1. The lowest BCUT2D eigenvalue weighted by atomic mass is 10.1. The quantitative estimate of drug-likeness (QED) is 0.874. The van der Waals surface area contributed by atoms with Gasteiger partial charge in [0.05, 0.1) is 25.9 Å². The first-order valence-corrected chi connectivity index (χ1v) is 6.81. The summed E-state index contributed by atoms with van der Waals surface area (Å²) in [4.78, 5) is 25.4. The van der Waals surface area contributed by atoms with E-state index in [9.17, 15) is 14.7 Å². The van der Waals surface area contributed by atoms with Crippen LogP contribution in [0.15, 0.2) is 18.2 Å². The van der Waals surface area contributed by atoms with Gasteiger partial charge in [-0.15, -0.1) is 0 Å². The average Bonchev–Trinajstić information content (AvgIpc) is 2.97. The number of nitrogens with zero attached hydrogens (tertiary/aromatic N) is 1. The molecule has 0 aromatic heterocycles. The van der Waals surface area contributed by atoms with Gasteiger partial charge in [0.25, 0.3) is 5.91 Å². The summed E-state index contributed by atoms with van der Waals surface area (Å²) in [6, 6.07) is 4.01. The first kappa shape index (κ1) is 16.1. The largest absolute Gasteiger partial charge is 0.493 e. The minimum absolute atomic E-state index is 0.229. The lowest BCUT2D eigenvalue weighted by Crippen LogP contribution is -2.40. The zero-order valence-electron chi connectivity index (χ0n) is 12.7. The Labute approximate surface area is 128 Å². The number of benzene rings is 1. The zero-order valence-corrected chi connectivity index (χ0v) is 12.7. The third kappa shape index (κ3) is 2.85. The second-order valence-electron chi connectivity index (χ2n) is 4.95. The molecule has 1 aromatic rings. The van der Waals surface area contributed by atoms with Gasteiger partial charge in [-0.25, -0.2) is 4.79 Å². The van der Waals surface area contributed by atoms with E-state index < -0.39 is 17.9 Å². The molecule has 1 N–H and O–H groups in total. The zero-order chi connectivity index (χ0) is 16.3. The second-order valence-corrected chi connectivity index (χ2v) is 4.95. The number of carbonyl (C=O) groups is 2. The molecule has 2 rings (SSSR count). The average molecular weight is 309 g/mol. The summed E-state index contributed by atoms with van der Waals surface area (Å²) in [5, 5.41) is 9.31. The molecule has 0 bridgehead atoms. The SMILES string of the molecule is COc1cccc(C(=O)N2CC(OC)CC2C(=O)O)c1OC. The van der Waals surface area contributed by atoms with Crippen LogP contribution in [0.4, 0.5) is 0 Å². The number of amides is 1. The molecule has 1 heterocycles. The Bertz CT molecular complexity index is 573. The van der Waals surface area contributed by atoms with Crippen LogP contribution in [0.2, 0.25) is 0 Å². The summed E-state index contributed by atoms with van der Waals surface area (Å²) in [6.45, 7) is 0.229. The predicted molar refractivity (Wildman–Crippen MR) is 77.4 cm³/mol. The lowest BCUT2D eigenvalue weighted by molar-refractivity contribution is -0.141. The van der Waals surface area contributed by atoms with Crippen LogP contribution >= 0.6 is 0 Å². The van der Waals surface area contributed by atoms with E-state index in [4.69, 9.17) is 14.2 Å². The molecule has 1 aromatic carbocycles. The van der Waals surface area contributed by atoms with E-state index in [1.165, 1.54) is 26.2 Å². The van der Waals surface area contributed by atoms with Crippen molar-refractivity contribution in [2.75, 3.05) is 27.9 Å². The van der Waals surface area contributed by atoms with E-state index >= 15 is 0 Å². The van der Waals surface area contributed by atoms with Gasteiger partial charge >= 0.3 is 5.97 Å². The fraction of sp³-hybridized carbons (Fsp3) is 0.467. The molecule has 7 heteroatoms. The summed E-state index contributed by atoms with van der Waals surface area (Å²) in [6.07, 6.45) is -0.0224. The standard InChI is InChI=1S/C15H19NO6/c1-20-9-7-11(15(18)19)16(8-9)14(17)10-5-4-6-12(21-2)13(10)22-3/h4-6,9,11H,7-8H2,1-3H3,(H,18,19). The normalized spacial score (nSPS) is 20.8. The summed E-state index contributed by atoms with van der Waals surface area (Å²) in [7, 11) is 4.41. The van der Waals surface area contributed by atoms with Crippen LogP contribution < -0.4 is 9.47 Å².